The quantitative estimate of drug-likeness (QED) is 0.807. The second kappa shape index (κ2) is 6.37. The zero-order valence-electron chi connectivity index (χ0n) is 13.8. The first-order chi connectivity index (χ1) is 11.0. The van der Waals surface area contributed by atoms with Gasteiger partial charge in [-0.1, -0.05) is 6.07 Å². The van der Waals surface area contributed by atoms with Crippen molar-refractivity contribution in [2.45, 2.75) is 25.3 Å². The minimum atomic E-state index is -3.07. The van der Waals surface area contributed by atoms with Crippen molar-refractivity contribution in [2.75, 3.05) is 39.0 Å². The average Bonchev–Trinajstić information content (AvgIpc) is 2.53. The second-order valence-electron chi connectivity index (χ2n) is 6.65. The van der Waals surface area contributed by atoms with Gasteiger partial charge in [-0.3, -0.25) is 4.90 Å². The normalized spacial score (nSPS) is 25.2. The molecule has 0 N–H and O–H groups in total. The third-order valence-electron chi connectivity index (χ3n) is 5.16. The summed E-state index contributed by atoms with van der Waals surface area (Å²) in [7, 11) is -0.965. The Labute approximate surface area is 138 Å². The van der Waals surface area contributed by atoms with Crippen molar-refractivity contribution < 1.29 is 13.2 Å². The van der Waals surface area contributed by atoms with E-state index in [4.69, 9.17) is 4.74 Å². The molecular formula is C16H25N3O3S. The molecule has 3 rings (SSSR count). The van der Waals surface area contributed by atoms with Gasteiger partial charge in [-0.05, 0) is 45.3 Å². The summed E-state index contributed by atoms with van der Waals surface area (Å²) in [6.45, 7) is 4.55. The fourth-order valence-corrected chi connectivity index (χ4v) is 4.79. The number of hydrogen-bond acceptors (Lipinski definition) is 5. The van der Waals surface area contributed by atoms with E-state index in [9.17, 15) is 8.42 Å². The van der Waals surface area contributed by atoms with Gasteiger partial charge in [0.2, 0.25) is 15.9 Å². The molecule has 2 aliphatic rings. The Balaban J connectivity index is 1.58. The first-order valence-electron chi connectivity index (χ1n) is 8.18. The predicted octanol–water partition coefficient (Wildman–Crippen LogP) is 1.21. The summed E-state index contributed by atoms with van der Waals surface area (Å²) >= 11 is 0. The van der Waals surface area contributed by atoms with E-state index in [1.165, 1.54) is 0 Å². The molecule has 0 unspecified atom stereocenters. The summed E-state index contributed by atoms with van der Waals surface area (Å²) in [5.41, 5.74) is -0.0152. The van der Waals surface area contributed by atoms with Gasteiger partial charge >= 0.3 is 0 Å². The van der Waals surface area contributed by atoms with Crippen molar-refractivity contribution in [3.63, 3.8) is 0 Å². The Bertz CT molecular complexity index is 629. The van der Waals surface area contributed by atoms with E-state index in [0.29, 0.717) is 31.5 Å². The van der Waals surface area contributed by atoms with Crippen molar-refractivity contribution >= 4 is 10.0 Å². The lowest BCUT2D eigenvalue weighted by Gasteiger charge is -2.57. The van der Waals surface area contributed by atoms with Crippen LogP contribution in [0, 0.1) is 5.92 Å². The highest BCUT2D eigenvalue weighted by Crippen LogP contribution is 2.39. The van der Waals surface area contributed by atoms with Gasteiger partial charge in [0.15, 0.2) is 0 Å². The zero-order valence-corrected chi connectivity index (χ0v) is 14.6. The molecule has 1 spiro atoms. The number of pyridine rings is 1. The first kappa shape index (κ1) is 16.7. The van der Waals surface area contributed by atoms with Gasteiger partial charge in [-0.15, -0.1) is 0 Å². The van der Waals surface area contributed by atoms with Crippen LogP contribution in [-0.4, -0.2) is 67.2 Å². The fraction of sp³-hybridized carbons (Fsp3) is 0.688. The van der Waals surface area contributed by atoms with Gasteiger partial charge < -0.3 is 4.74 Å². The van der Waals surface area contributed by atoms with Gasteiger partial charge in [0.05, 0.1) is 12.4 Å². The number of likely N-dealkylation sites (tertiary alicyclic amines) is 1. The van der Waals surface area contributed by atoms with E-state index in [-0.39, 0.29) is 11.3 Å². The van der Waals surface area contributed by atoms with E-state index in [2.05, 4.69) is 16.9 Å². The molecule has 2 aliphatic heterocycles. The summed E-state index contributed by atoms with van der Waals surface area (Å²) in [4.78, 5) is 6.51. The minimum Gasteiger partial charge on any atom is -0.477 e. The lowest BCUT2D eigenvalue weighted by Crippen LogP contribution is -2.72. The summed E-state index contributed by atoms with van der Waals surface area (Å²) in [6, 6.07) is 5.65. The average molecular weight is 339 g/mol. The number of aromatic nitrogens is 1. The first-order valence-corrected chi connectivity index (χ1v) is 9.79. The number of ether oxygens (including phenoxy) is 1. The summed E-state index contributed by atoms with van der Waals surface area (Å²) in [6.07, 6.45) is 3.78. The third kappa shape index (κ3) is 3.36. The van der Waals surface area contributed by atoms with E-state index < -0.39 is 10.0 Å². The Kier molecular flexibility index (Phi) is 4.62. The van der Waals surface area contributed by atoms with Crippen LogP contribution in [0.1, 0.15) is 19.8 Å². The zero-order chi connectivity index (χ0) is 16.5. The molecule has 2 saturated heterocycles. The highest BCUT2D eigenvalue weighted by Gasteiger charge is 2.52. The molecule has 1 aromatic rings. The third-order valence-corrected chi connectivity index (χ3v) is 6.93. The Morgan fingerprint density at radius 2 is 2.17 bits per heavy atom. The van der Waals surface area contributed by atoms with Crippen LogP contribution in [0.2, 0.25) is 0 Å². The van der Waals surface area contributed by atoms with Crippen molar-refractivity contribution in [1.82, 2.24) is 14.2 Å². The summed E-state index contributed by atoms with van der Waals surface area (Å²) in [5.74, 6) is 1.28. The molecule has 0 bridgehead atoms. The topological polar surface area (TPSA) is 62.7 Å². The van der Waals surface area contributed by atoms with Gasteiger partial charge in [-0.2, -0.15) is 4.31 Å². The molecule has 0 amide bonds. The molecule has 3 heterocycles. The van der Waals surface area contributed by atoms with Crippen molar-refractivity contribution in [1.29, 1.82) is 0 Å². The van der Waals surface area contributed by atoms with Crippen LogP contribution in [-0.2, 0) is 10.0 Å². The van der Waals surface area contributed by atoms with E-state index in [1.54, 1.807) is 17.4 Å². The van der Waals surface area contributed by atoms with Crippen LogP contribution in [0.5, 0.6) is 5.88 Å². The number of hydrogen-bond donors (Lipinski definition) is 0. The number of likely N-dealkylation sites (N-methyl/N-ethyl adjacent to an activating group) is 1. The largest absolute Gasteiger partial charge is 0.477 e. The Morgan fingerprint density at radius 1 is 1.39 bits per heavy atom. The van der Waals surface area contributed by atoms with Gasteiger partial charge in [-0.25, -0.2) is 13.4 Å². The standard InChI is InChI=1S/C16H25N3O3S/c1-3-23(20,21)19-12-16(13-19)10-14(7-9-18(16)2)11-22-15-6-4-5-8-17-15/h4-6,8,14H,3,7,9-13H2,1-2H3/t14-/m0/s1. The molecular weight excluding hydrogens is 314 g/mol. The predicted molar refractivity (Wildman–Crippen MR) is 88.9 cm³/mol. The summed E-state index contributed by atoms with van der Waals surface area (Å²) in [5, 5.41) is 0. The van der Waals surface area contributed by atoms with Crippen molar-refractivity contribution in [3.05, 3.63) is 24.4 Å². The van der Waals surface area contributed by atoms with Crippen LogP contribution in [0.15, 0.2) is 24.4 Å². The monoisotopic (exact) mass is 339 g/mol. The molecule has 0 radical (unpaired) electrons. The maximum atomic E-state index is 12.0. The van der Waals surface area contributed by atoms with E-state index in [0.717, 1.165) is 19.4 Å². The van der Waals surface area contributed by atoms with Crippen LogP contribution in [0.25, 0.3) is 0 Å². The fourth-order valence-electron chi connectivity index (χ4n) is 3.55. The van der Waals surface area contributed by atoms with Gasteiger partial charge in [0.1, 0.15) is 0 Å². The molecule has 0 aromatic carbocycles. The molecule has 6 nitrogen and oxygen atoms in total. The molecule has 128 valence electrons. The highest BCUT2D eigenvalue weighted by molar-refractivity contribution is 7.89. The molecule has 1 atom stereocenters. The Hall–Kier alpha value is -1.18. The number of rotatable bonds is 5. The Morgan fingerprint density at radius 3 is 2.83 bits per heavy atom. The number of nitrogens with zero attached hydrogens (tertiary/aromatic N) is 3. The van der Waals surface area contributed by atoms with Crippen molar-refractivity contribution in [2.24, 2.45) is 5.92 Å². The second-order valence-corrected chi connectivity index (χ2v) is 8.91. The maximum Gasteiger partial charge on any atom is 0.213 e. The SMILES string of the molecule is CCS(=O)(=O)N1CC2(C[C@@H](COc3ccccn3)CCN2C)C1. The number of piperidine rings is 1. The molecule has 0 saturated carbocycles. The molecule has 7 heteroatoms. The summed E-state index contributed by atoms with van der Waals surface area (Å²) < 4.78 is 31.4. The minimum absolute atomic E-state index is 0.0152. The smallest absolute Gasteiger partial charge is 0.213 e. The van der Waals surface area contributed by atoms with Crippen LogP contribution in [0.3, 0.4) is 0 Å². The van der Waals surface area contributed by atoms with E-state index in [1.807, 2.05) is 18.2 Å². The maximum absolute atomic E-state index is 12.0. The lowest BCUT2D eigenvalue weighted by molar-refractivity contribution is -0.0497. The van der Waals surface area contributed by atoms with Gasteiger partial charge in [0, 0.05) is 30.9 Å². The molecule has 23 heavy (non-hydrogen) atoms. The van der Waals surface area contributed by atoms with Gasteiger partial charge in [0.25, 0.3) is 0 Å². The van der Waals surface area contributed by atoms with Crippen molar-refractivity contribution in [3.8, 4) is 5.88 Å². The molecule has 1 aromatic heterocycles. The van der Waals surface area contributed by atoms with Crippen LogP contribution in [0.4, 0.5) is 0 Å². The van der Waals surface area contributed by atoms with E-state index >= 15 is 0 Å². The number of sulfonamides is 1. The molecule has 0 aliphatic carbocycles. The highest BCUT2D eigenvalue weighted by atomic mass is 32.2. The van der Waals surface area contributed by atoms with Crippen LogP contribution < -0.4 is 4.74 Å². The van der Waals surface area contributed by atoms with Crippen LogP contribution >= 0.6 is 0 Å². The molecule has 2 fully saturated rings. The lowest BCUT2D eigenvalue weighted by atomic mass is 9.77.